The van der Waals surface area contributed by atoms with E-state index in [2.05, 4.69) is 68.7 Å². The Hall–Kier alpha value is -1.04. The van der Waals surface area contributed by atoms with Crippen molar-refractivity contribution in [3.05, 3.63) is 23.8 Å². The van der Waals surface area contributed by atoms with Crippen LogP contribution in [-0.2, 0) is 0 Å². The highest BCUT2D eigenvalue weighted by molar-refractivity contribution is 5.16. The number of hydrogen-bond acceptors (Lipinski definition) is 2. The van der Waals surface area contributed by atoms with Crippen LogP contribution in [-0.4, -0.2) is 49.6 Å². The van der Waals surface area contributed by atoms with Crippen LogP contribution >= 0.6 is 0 Å². The molecule has 2 aliphatic heterocycles. The molecule has 0 bridgehead atoms. The lowest BCUT2D eigenvalue weighted by molar-refractivity contribution is 0.240. The first-order chi connectivity index (χ1) is 12.2. The zero-order valence-electron chi connectivity index (χ0n) is 17.8. The number of allylic oxidation sites excluding steroid dienone is 4. The van der Waals surface area contributed by atoms with Gasteiger partial charge >= 0.3 is 0 Å². The van der Waals surface area contributed by atoms with Gasteiger partial charge in [0, 0.05) is 0 Å². The van der Waals surface area contributed by atoms with Crippen LogP contribution in [0.1, 0.15) is 72.6 Å². The third-order valence-corrected chi connectivity index (χ3v) is 4.64. The summed E-state index contributed by atoms with van der Waals surface area (Å²) in [7, 11) is 2.19. The predicted molar refractivity (Wildman–Crippen MR) is 116 cm³/mol. The molecule has 0 aromatic carbocycles. The Morgan fingerprint density at radius 1 is 0.840 bits per heavy atom. The summed E-state index contributed by atoms with van der Waals surface area (Å²) in [4.78, 5) is 4.91. The van der Waals surface area contributed by atoms with Gasteiger partial charge in [-0.2, -0.15) is 0 Å². The number of piperidine rings is 2. The molecule has 2 heterocycles. The minimum Gasteiger partial charge on any atom is -0.306 e. The number of terminal acetylenes is 1. The van der Waals surface area contributed by atoms with Gasteiger partial charge in [0.05, 0.1) is 0 Å². The van der Waals surface area contributed by atoms with Gasteiger partial charge in [-0.15, -0.1) is 12.8 Å². The second kappa shape index (κ2) is 21.0. The molecule has 0 aliphatic carbocycles. The van der Waals surface area contributed by atoms with E-state index in [9.17, 15) is 0 Å². The summed E-state index contributed by atoms with van der Waals surface area (Å²) in [5.74, 6) is 0. The largest absolute Gasteiger partial charge is 0.306 e. The predicted octanol–water partition coefficient (Wildman–Crippen LogP) is 5.76. The molecule has 0 aromatic rings. The molecule has 0 N–H and O–H groups in total. The molecule has 2 saturated heterocycles. The Balaban J connectivity index is 0. The fourth-order valence-electron chi connectivity index (χ4n) is 2.96. The van der Waals surface area contributed by atoms with Crippen molar-refractivity contribution >= 4 is 0 Å². The van der Waals surface area contributed by atoms with Crippen molar-refractivity contribution in [2.75, 3.05) is 39.8 Å². The summed E-state index contributed by atoms with van der Waals surface area (Å²) < 4.78 is 0. The molecule has 146 valence electrons. The van der Waals surface area contributed by atoms with E-state index >= 15 is 0 Å². The lowest BCUT2D eigenvalue weighted by Crippen LogP contribution is -2.29. The van der Waals surface area contributed by atoms with Crippen molar-refractivity contribution in [3.8, 4) is 12.8 Å². The van der Waals surface area contributed by atoms with Gasteiger partial charge in [-0.05, 0) is 85.7 Å². The monoisotopic (exact) mass is 348 g/mol. The Labute approximate surface area is 159 Å². The second-order valence-corrected chi connectivity index (χ2v) is 6.58. The molecule has 0 aromatic heterocycles. The zero-order valence-corrected chi connectivity index (χ0v) is 17.8. The van der Waals surface area contributed by atoms with Gasteiger partial charge in [0.2, 0.25) is 0 Å². The Bertz CT molecular complexity index is 326. The van der Waals surface area contributed by atoms with Crippen molar-refractivity contribution in [2.45, 2.75) is 72.6 Å². The van der Waals surface area contributed by atoms with Crippen LogP contribution in [0.3, 0.4) is 0 Å². The van der Waals surface area contributed by atoms with E-state index in [0.717, 1.165) is 6.42 Å². The molecule has 2 heteroatoms. The lowest BCUT2D eigenvalue weighted by Gasteiger charge is -2.24. The molecule has 2 nitrogen and oxygen atoms in total. The molecule has 0 amide bonds. The average Bonchev–Trinajstić information content (AvgIpc) is 2.70. The van der Waals surface area contributed by atoms with E-state index in [1.165, 1.54) is 76.8 Å². The normalized spacial score (nSPS) is 18.9. The van der Waals surface area contributed by atoms with Gasteiger partial charge < -0.3 is 9.80 Å². The van der Waals surface area contributed by atoms with Crippen LogP contribution in [0.25, 0.3) is 0 Å². The quantitative estimate of drug-likeness (QED) is 0.472. The topological polar surface area (TPSA) is 6.48 Å². The van der Waals surface area contributed by atoms with Crippen molar-refractivity contribution in [3.63, 3.8) is 0 Å². The van der Waals surface area contributed by atoms with E-state index in [1.807, 2.05) is 6.92 Å². The van der Waals surface area contributed by atoms with Gasteiger partial charge in [0.25, 0.3) is 0 Å². The van der Waals surface area contributed by atoms with E-state index in [1.54, 1.807) is 0 Å². The molecule has 0 spiro atoms. The third kappa shape index (κ3) is 17.6. The maximum Gasteiger partial charge on any atom is -0.00188 e. The van der Waals surface area contributed by atoms with Crippen molar-refractivity contribution in [1.82, 2.24) is 9.80 Å². The van der Waals surface area contributed by atoms with Crippen LogP contribution in [0, 0.1) is 12.8 Å². The van der Waals surface area contributed by atoms with Gasteiger partial charge in [-0.3, -0.25) is 0 Å². The van der Waals surface area contributed by atoms with Crippen LogP contribution in [0.15, 0.2) is 23.8 Å². The molecule has 0 saturated carbocycles. The number of hydrogen-bond donors (Lipinski definition) is 0. The SMILES string of the molecule is C#C.C/C=C\C(=C/C)CC.CCN1CCCCC1.CN1CCCCC1. The highest BCUT2D eigenvalue weighted by Crippen LogP contribution is 2.07. The van der Waals surface area contributed by atoms with Crippen molar-refractivity contribution < 1.29 is 0 Å². The first kappa shape index (κ1) is 26.2. The number of likely N-dealkylation sites (tertiary alicyclic amines) is 2. The third-order valence-electron chi connectivity index (χ3n) is 4.64. The Kier molecular flexibility index (Phi) is 22.0. The molecular weight excluding hydrogens is 304 g/mol. The molecular formula is C23H44N2. The maximum absolute atomic E-state index is 4.00. The molecule has 0 unspecified atom stereocenters. The first-order valence-corrected chi connectivity index (χ1v) is 10.2. The highest BCUT2D eigenvalue weighted by Gasteiger charge is 2.05. The van der Waals surface area contributed by atoms with Gasteiger partial charge in [-0.1, -0.05) is 50.5 Å². The van der Waals surface area contributed by atoms with Crippen molar-refractivity contribution in [1.29, 1.82) is 0 Å². The van der Waals surface area contributed by atoms with E-state index in [4.69, 9.17) is 0 Å². The van der Waals surface area contributed by atoms with Crippen LogP contribution in [0.2, 0.25) is 0 Å². The van der Waals surface area contributed by atoms with Crippen molar-refractivity contribution in [2.24, 2.45) is 0 Å². The second-order valence-electron chi connectivity index (χ2n) is 6.58. The average molecular weight is 349 g/mol. The Morgan fingerprint density at radius 2 is 1.32 bits per heavy atom. The van der Waals surface area contributed by atoms with E-state index in [-0.39, 0.29) is 0 Å². The van der Waals surface area contributed by atoms with Crippen LogP contribution < -0.4 is 0 Å². The number of nitrogens with zero attached hydrogens (tertiary/aromatic N) is 2. The van der Waals surface area contributed by atoms with Crippen LogP contribution in [0.4, 0.5) is 0 Å². The number of rotatable bonds is 3. The van der Waals surface area contributed by atoms with E-state index < -0.39 is 0 Å². The van der Waals surface area contributed by atoms with Gasteiger partial charge in [-0.25, -0.2) is 0 Å². The summed E-state index contributed by atoms with van der Waals surface area (Å²) in [5.41, 5.74) is 1.41. The molecule has 0 radical (unpaired) electrons. The summed E-state index contributed by atoms with van der Waals surface area (Å²) in [6, 6.07) is 0. The van der Waals surface area contributed by atoms with Gasteiger partial charge in [0.1, 0.15) is 0 Å². The molecule has 2 aliphatic rings. The standard InChI is InChI=1S/C8H14.C7H15N.C6H13N.C2H2/c1-4-7-8(5-2)6-3;1-2-8-6-4-3-5-7-8;1-7-5-3-2-4-6-7;1-2/h4-5,7H,6H2,1-3H3;2-7H2,1H3;2-6H2,1H3;1-2H/b7-4-,8-5-;;;. The molecule has 2 fully saturated rings. The Morgan fingerprint density at radius 3 is 1.52 bits per heavy atom. The summed E-state index contributed by atoms with van der Waals surface area (Å²) >= 11 is 0. The minimum atomic E-state index is 1.14. The lowest BCUT2D eigenvalue weighted by atomic mass is 10.1. The van der Waals surface area contributed by atoms with Crippen LogP contribution in [0.5, 0.6) is 0 Å². The maximum atomic E-state index is 4.00. The zero-order chi connectivity index (χ0) is 19.3. The first-order valence-electron chi connectivity index (χ1n) is 10.2. The smallest absolute Gasteiger partial charge is 0.00188 e. The summed E-state index contributed by atoms with van der Waals surface area (Å²) in [5, 5.41) is 0. The summed E-state index contributed by atoms with van der Waals surface area (Å²) in [6.07, 6.45) is 24.1. The summed E-state index contributed by atoms with van der Waals surface area (Å²) in [6.45, 7) is 15.1. The molecule has 0 atom stereocenters. The fourth-order valence-corrected chi connectivity index (χ4v) is 2.96. The van der Waals surface area contributed by atoms with E-state index in [0.29, 0.717) is 0 Å². The minimum absolute atomic E-state index is 1.14. The highest BCUT2D eigenvalue weighted by atomic mass is 15.1. The molecule has 25 heavy (non-hydrogen) atoms. The fraction of sp³-hybridized carbons (Fsp3) is 0.739. The van der Waals surface area contributed by atoms with Gasteiger partial charge in [0.15, 0.2) is 0 Å². The molecule has 2 rings (SSSR count).